The van der Waals surface area contributed by atoms with Gasteiger partial charge in [-0.1, -0.05) is 48.0 Å². The molecule has 0 saturated carbocycles. The molecule has 1 heterocycles. The summed E-state index contributed by atoms with van der Waals surface area (Å²) in [5.74, 6) is -1.68. The number of carboxylic acids is 1. The second kappa shape index (κ2) is 10.0. The summed E-state index contributed by atoms with van der Waals surface area (Å²) in [5.41, 5.74) is 2.01. The van der Waals surface area contributed by atoms with Crippen molar-refractivity contribution in [3.63, 3.8) is 0 Å². The van der Waals surface area contributed by atoms with Gasteiger partial charge in [0.2, 0.25) is 5.91 Å². The third-order valence-electron chi connectivity index (χ3n) is 5.98. The van der Waals surface area contributed by atoms with Gasteiger partial charge in [-0.2, -0.15) is 0 Å². The summed E-state index contributed by atoms with van der Waals surface area (Å²) in [6.07, 6.45) is 0.916. The van der Waals surface area contributed by atoms with Gasteiger partial charge in [-0.25, -0.2) is 8.78 Å². The molecule has 4 rings (SSSR count). The topological polar surface area (TPSA) is 66.8 Å². The molecular weight excluding hydrogens is 476 g/mol. The summed E-state index contributed by atoms with van der Waals surface area (Å²) in [5, 5.41) is 9.41. The Labute approximate surface area is 206 Å². The lowest BCUT2D eigenvalue weighted by molar-refractivity contribution is -0.144. The molecule has 0 aliphatic carbocycles. The van der Waals surface area contributed by atoms with Crippen LogP contribution < -0.4 is 4.74 Å². The van der Waals surface area contributed by atoms with Crippen LogP contribution >= 0.6 is 11.6 Å². The zero-order valence-corrected chi connectivity index (χ0v) is 19.8. The molecule has 0 spiro atoms. The van der Waals surface area contributed by atoms with Crippen molar-refractivity contribution in [1.29, 1.82) is 0 Å². The van der Waals surface area contributed by atoms with Crippen molar-refractivity contribution in [2.45, 2.75) is 38.3 Å². The molecule has 3 aromatic carbocycles. The van der Waals surface area contributed by atoms with Gasteiger partial charge in [0.1, 0.15) is 29.5 Å². The summed E-state index contributed by atoms with van der Waals surface area (Å²) < 4.78 is 33.6. The standard InChI is InChI=1S/C27H24ClF2NO4/c1-27(13-18-4-2-3-5-23(18)30)14-20-10-17(6-9-24(20)35-27)11-25(32)31(16-26(33)34)15-19-7-8-21(29)12-22(19)28/h2-10,12H,11,13-16H2,1H3,(H,33,34)/t27-/m0/s1. The smallest absolute Gasteiger partial charge is 0.323 e. The van der Waals surface area contributed by atoms with Crippen LogP contribution in [0.2, 0.25) is 5.02 Å². The van der Waals surface area contributed by atoms with Crippen molar-refractivity contribution < 1.29 is 28.2 Å². The molecule has 1 aliphatic rings. The van der Waals surface area contributed by atoms with Gasteiger partial charge in [-0.15, -0.1) is 0 Å². The van der Waals surface area contributed by atoms with E-state index in [4.69, 9.17) is 16.3 Å². The van der Waals surface area contributed by atoms with Crippen LogP contribution in [0.4, 0.5) is 8.78 Å². The largest absolute Gasteiger partial charge is 0.487 e. The number of rotatable bonds is 8. The zero-order valence-electron chi connectivity index (χ0n) is 19.1. The van der Waals surface area contributed by atoms with E-state index in [2.05, 4.69) is 0 Å². The van der Waals surface area contributed by atoms with Gasteiger partial charge >= 0.3 is 5.97 Å². The molecule has 0 radical (unpaired) electrons. The summed E-state index contributed by atoms with van der Waals surface area (Å²) in [4.78, 5) is 25.5. The minimum absolute atomic E-state index is 0.0244. The second-order valence-electron chi connectivity index (χ2n) is 9.00. The van der Waals surface area contributed by atoms with E-state index < -0.39 is 29.8 Å². The second-order valence-corrected chi connectivity index (χ2v) is 9.40. The Morgan fingerprint density at radius 2 is 1.86 bits per heavy atom. The lowest BCUT2D eigenvalue weighted by Crippen LogP contribution is -2.36. The van der Waals surface area contributed by atoms with E-state index in [0.29, 0.717) is 35.3 Å². The van der Waals surface area contributed by atoms with Gasteiger partial charge in [0, 0.05) is 24.4 Å². The average Bonchev–Trinajstić information content (AvgIpc) is 3.11. The first kappa shape index (κ1) is 24.7. The first-order valence-corrected chi connectivity index (χ1v) is 11.5. The van der Waals surface area contributed by atoms with Gasteiger partial charge in [0.15, 0.2) is 0 Å². The highest BCUT2D eigenvalue weighted by Gasteiger charge is 2.36. The summed E-state index contributed by atoms with van der Waals surface area (Å²) >= 11 is 6.07. The highest BCUT2D eigenvalue weighted by Crippen LogP contribution is 2.38. The molecular formula is C27H24ClF2NO4. The summed E-state index contributed by atoms with van der Waals surface area (Å²) in [6.45, 7) is 1.35. The number of halogens is 3. The van der Waals surface area contributed by atoms with E-state index in [9.17, 15) is 23.5 Å². The maximum Gasteiger partial charge on any atom is 0.323 e. The lowest BCUT2D eigenvalue weighted by atomic mass is 9.91. The Bertz CT molecular complexity index is 1280. The Balaban J connectivity index is 1.47. The SMILES string of the molecule is C[C@]1(Cc2ccccc2F)Cc2cc(CC(=O)N(CC(=O)O)Cc3ccc(F)cc3Cl)ccc2O1. The average molecular weight is 500 g/mol. The molecule has 1 atom stereocenters. The fraction of sp³-hybridized carbons (Fsp3) is 0.259. The molecule has 35 heavy (non-hydrogen) atoms. The van der Waals surface area contributed by atoms with E-state index in [1.54, 1.807) is 30.3 Å². The van der Waals surface area contributed by atoms with E-state index in [0.717, 1.165) is 11.6 Å². The zero-order chi connectivity index (χ0) is 25.2. The number of carbonyl (C=O) groups excluding carboxylic acids is 1. The van der Waals surface area contributed by atoms with Gasteiger partial charge in [-0.3, -0.25) is 9.59 Å². The number of amides is 1. The molecule has 3 aromatic rings. The number of carboxylic acid groups (broad SMARTS) is 1. The van der Waals surface area contributed by atoms with Gasteiger partial charge < -0.3 is 14.7 Å². The van der Waals surface area contributed by atoms with Gasteiger partial charge in [0.05, 0.1) is 6.42 Å². The molecule has 182 valence electrons. The van der Waals surface area contributed by atoms with Crippen LogP contribution in [0.3, 0.4) is 0 Å². The molecule has 0 bridgehead atoms. The highest BCUT2D eigenvalue weighted by atomic mass is 35.5. The quantitative estimate of drug-likeness (QED) is 0.462. The molecule has 0 fully saturated rings. The van der Waals surface area contributed by atoms with Crippen LogP contribution in [0.5, 0.6) is 5.75 Å². The number of hydrogen-bond acceptors (Lipinski definition) is 3. The Hall–Kier alpha value is -3.45. The van der Waals surface area contributed by atoms with E-state index >= 15 is 0 Å². The van der Waals surface area contributed by atoms with Crippen molar-refractivity contribution in [3.05, 3.63) is 99.6 Å². The minimum Gasteiger partial charge on any atom is -0.487 e. The molecule has 1 amide bonds. The number of ether oxygens (including phenoxy) is 1. The molecule has 5 nitrogen and oxygen atoms in total. The fourth-order valence-electron chi connectivity index (χ4n) is 4.37. The third kappa shape index (κ3) is 5.98. The van der Waals surface area contributed by atoms with E-state index in [-0.39, 0.29) is 23.8 Å². The Morgan fingerprint density at radius 3 is 2.57 bits per heavy atom. The van der Waals surface area contributed by atoms with Crippen molar-refractivity contribution in [1.82, 2.24) is 4.90 Å². The Morgan fingerprint density at radius 1 is 1.09 bits per heavy atom. The van der Waals surface area contributed by atoms with Crippen LogP contribution in [0, 0.1) is 11.6 Å². The molecule has 0 aromatic heterocycles. The third-order valence-corrected chi connectivity index (χ3v) is 6.33. The predicted molar refractivity (Wildman–Crippen MR) is 127 cm³/mol. The number of nitrogens with zero attached hydrogens (tertiary/aromatic N) is 1. The van der Waals surface area contributed by atoms with Crippen molar-refractivity contribution >= 4 is 23.5 Å². The summed E-state index contributed by atoms with van der Waals surface area (Å²) in [7, 11) is 0. The number of benzene rings is 3. The molecule has 8 heteroatoms. The number of fused-ring (bicyclic) bond motifs is 1. The maximum atomic E-state index is 14.2. The number of hydrogen-bond donors (Lipinski definition) is 1. The van der Waals surface area contributed by atoms with E-state index in [1.165, 1.54) is 23.1 Å². The van der Waals surface area contributed by atoms with Crippen molar-refractivity contribution in [3.8, 4) is 5.75 Å². The highest BCUT2D eigenvalue weighted by molar-refractivity contribution is 6.31. The van der Waals surface area contributed by atoms with Gasteiger partial charge in [0.25, 0.3) is 0 Å². The lowest BCUT2D eigenvalue weighted by Gasteiger charge is -2.24. The van der Waals surface area contributed by atoms with Crippen molar-refractivity contribution in [2.24, 2.45) is 0 Å². The predicted octanol–water partition coefficient (Wildman–Crippen LogP) is 5.21. The fourth-order valence-corrected chi connectivity index (χ4v) is 4.59. The molecule has 0 unspecified atom stereocenters. The summed E-state index contributed by atoms with van der Waals surface area (Å²) in [6, 6.07) is 15.8. The van der Waals surface area contributed by atoms with Crippen LogP contribution in [-0.2, 0) is 35.4 Å². The van der Waals surface area contributed by atoms with Crippen LogP contribution in [-0.4, -0.2) is 34.0 Å². The normalized spacial score (nSPS) is 16.5. The van der Waals surface area contributed by atoms with Crippen LogP contribution in [0.1, 0.15) is 29.2 Å². The molecule has 1 N–H and O–H groups in total. The van der Waals surface area contributed by atoms with Crippen LogP contribution in [0.25, 0.3) is 0 Å². The van der Waals surface area contributed by atoms with Crippen molar-refractivity contribution in [2.75, 3.05) is 6.54 Å². The number of carbonyl (C=O) groups is 2. The van der Waals surface area contributed by atoms with Crippen LogP contribution in [0.15, 0.2) is 60.7 Å². The number of aliphatic carboxylic acids is 1. The van der Waals surface area contributed by atoms with Gasteiger partial charge in [-0.05, 0) is 53.4 Å². The Kier molecular flexibility index (Phi) is 7.08. The molecule has 1 aliphatic heterocycles. The minimum atomic E-state index is -1.16. The molecule has 0 saturated heterocycles. The monoisotopic (exact) mass is 499 g/mol. The first-order valence-electron chi connectivity index (χ1n) is 11.1. The first-order chi connectivity index (χ1) is 16.6. The maximum absolute atomic E-state index is 14.2. The van der Waals surface area contributed by atoms with E-state index in [1.807, 2.05) is 13.0 Å².